The van der Waals surface area contributed by atoms with Gasteiger partial charge in [0, 0.05) is 19.2 Å². The molecule has 0 radical (unpaired) electrons. The van der Waals surface area contributed by atoms with Gasteiger partial charge in [-0.05, 0) is 35.4 Å². The van der Waals surface area contributed by atoms with Gasteiger partial charge >= 0.3 is 0 Å². The summed E-state index contributed by atoms with van der Waals surface area (Å²) in [5, 5.41) is 12.9. The third-order valence-corrected chi connectivity index (χ3v) is 3.45. The van der Waals surface area contributed by atoms with E-state index in [1.165, 1.54) is 0 Å². The van der Waals surface area contributed by atoms with E-state index in [1.807, 2.05) is 18.2 Å². The number of aromatic nitrogens is 1. The first kappa shape index (κ1) is 13.6. The summed E-state index contributed by atoms with van der Waals surface area (Å²) in [6, 6.07) is 10.7. The number of carbonyl (C=O) groups excluding carboxylic acids is 1. The maximum Gasteiger partial charge on any atom is 0.269 e. The fourth-order valence-corrected chi connectivity index (χ4v) is 2.31. The fourth-order valence-electron chi connectivity index (χ4n) is 2.31. The molecule has 21 heavy (non-hydrogen) atoms. The average molecular weight is 284 g/mol. The molecule has 5 heteroatoms. The first-order valence-corrected chi connectivity index (χ1v) is 6.87. The Morgan fingerprint density at radius 1 is 1.38 bits per heavy atom. The van der Waals surface area contributed by atoms with Gasteiger partial charge in [-0.1, -0.05) is 12.1 Å². The maximum atomic E-state index is 11.9. The molecule has 0 saturated heterocycles. The minimum Gasteiger partial charge on any atom is -0.493 e. The highest BCUT2D eigenvalue weighted by atomic mass is 16.5. The molecule has 0 fully saturated rings. The number of ether oxygens (including phenoxy) is 1. The third-order valence-electron chi connectivity index (χ3n) is 3.45. The number of rotatable bonds is 4. The molecule has 2 N–H and O–H groups in total. The molecule has 0 saturated carbocycles. The molecule has 0 bridgehead atoms. The fraction of sp³-hybridized carbons (Fsp3) is 0.250. The van der Waals surface area contributed by atoms with Crippen molar-refractivity contribution < 1.29 is 14.6 Å². The van der Waals surface area contributed by atoms with Gasteiger partial charge in [0.1, 0.15) is 11.4 Å². The highest BCUT2D eigenvalue weighted by Gasteiger charge is 2.16. The van der Waals surface area contributed by atoms with Crippen LogP contribution in [0.1, 0.15) is 27.7 Å². The largest absolute Gasteiger partial charge is 0.493 e. The predicted molar refractivity (Wildman–Crippen MR) is 77.2 cm³/mol. The second kappa shape index (κ2) is 5.93. The van der Waals surface area contributed by atoms with Crippen molar-refractivity contribution >= 4 is 5.91 Å². The third kappa shape index (κ3) is 3.03. The van der Waals surface area contributed by atoms with E-state index in [0.29, 0.717) is 12.3 Å². The van der Waals surface area contributed by atoms with E-state index in [2.05, 4.69) is 10.3 Å². The molecule has 1 aliphatic heterocycles. The summed E-state index contributed by atoms with van der Waals surface area (Å²) in [6.07, 6.45) is 1.67. The van der Waals surface area contributed by atoms with Crippen molar-refractivity contribution in [3.8, 4) is 5.75 Å². The van der Waals surface area contributed by atoms with Gasteiger partial charge in [-0.25, -0.2) is 0 Å². The molecular weight excluding hydrogens is 268 g/mol. The van der Waals surface area contributed by atoms with E-state index in [-0.39, 0.29) is 12.5 Å². The van der Waals surface area contributed by atoms with Gasteiger partial charge in [0.05, 0.1) is 12.7 Å². The van der Waals surface area contributed by atoms with Crippen molar-refractivity contribution in [3.05, 3.63) is 59.4 Å². The predicted octanol–water partition coefficient (Wildman–Crippen LogP) is 1.48. The first-order valence-electron chi connectivity index (χ1n) is 6.87. The molecule has 1 aromatic heterocycles. The Hall–Kier alpha value is -2.40. The zero-order chi connectivity index (χ0) is 14.7. The molecule has 5 nitrogen and oxygen atoms in total. The van der Waals surface area contributed by atoms with Gasteiger partial charge in [0.25, 0.3) is 5.91 Å². The van der Waals surface area contributed by atoms with E-state index in [0.717, 1.165) is 23.3 Å². The standard InChI is InChI=1S/C16H16N2O3/c19-14(10-18-16(20)13-3-1-2-7-17-13)11-4-5-15-12(9-11)6-8-21-15/h1-5,7,9,14,19H,6,8,10H2,(H,18,20). The molecule has 1 aromatic carbocycles. The van der Waals surface area contributed by atoms with Crippen LogP contribution in [0.5, 0.6) is 5.75 Å². The highest BCUT2D eigenvalue weighted by Crippen LogP contribution is 2.27. The molecule has 0 spiro atoms. The molecule has 1 amide bonds. The molecule has 108 valence electrons. The van der Waals surface area contributed by atoms with Crippen LogP contribution in [0.25, 0.3) is 0 Å². The van der Waals surface area contributed by atoms with E-state index in [1.54, 1.807) is 24.4 Å². The van der Waals surface area contributed by atoms with Gasteiger partial charge in [0.15, 0.2) is 0 Å². The van der Waals surface area contributed by atoms with Crippen LogP contribution < -0.4 is 10.1 Å². The Labute approximate surface area is 122 Å². The Morgan fingerprint density at radius 3 is 3.10 bits per heavy atom. The smallest absolute Gasteiger partial charge is 0.269 e. The molecule has 0 aliphatic carbocycles. The summed E-state index contributed by atoms with van der Waals surface area (Å²) >= 11 is 0. The second-order valence-electron chi connectivity index (χ2n) is 4.91. The molecule has 1 atom stereocenters. The summed E-state index contributed by atoms with van der Waals surface area (Å²) in [5.74, 6) is 0.586. The van der Waals surface area contributed by atoms with Crippen LogP contribution in [0.15, 0.2) is 42.6 Å². The molecule has 3 rings (SSSR count). The number of fused-ring (bicyclic) bond motifs is 1. The summed E-state index contributed by atoms with van der Waals surface area (Å²) in [4.78, 5) is 15.8. The van der Waals surface area contributed by atoms with E-state index in [9.17, 15) is 9.90 Å². The van der Waals surface area contributed by atoms with Crippen molar-refractivity contribution in [2.45, 2.75) is 12.5 Å². The average Bonchev–Trinajstić information content (AvgIpc) is 3.00. The van der Waals surface area contributed by atoms with Crippen molar-refractivity contribution in [1.82, 2.24) is 10.3 Å². The number of nitrogens with zero attached hydrogens (tertiary/aromatic N) is 1. The summed E-state index contributed by atoms with van der Waals surface area (Å²) in [5.41, 5.74) is 2.22. The van der Waals surface area contributed by atoms with Gasteiger partial charge < -0.3 is 15.2 Å². The highest BCUT2D eigenvalue weighted by molar-refractivity contribution is 5.92. The number of aliphatic hydroxyl groups excluding tert-OH is 1. The SMILES string of the molecule is O=C(NCC(O)c1ccc2c(c1)CCO2)c1ccccn1. The first-order chi connectivity index (χ1) is 10.2. The number of amides is 1. The number of hydrogen-bond acceptors (Lipinski definition) is 4. The zero-order valence-electron chi connectivity index (χ0n) is 11.5. The van der Waals surface area contributed by atoms with Crippen LogP contribution in [-0.2, 0) is 6.42 Å². The number of hydrogen-bond donors (Lipinski definition) is 2. The number of nitrogens with one attached hydrogen (secondary N) is 1. The molecule has 2 aromatic rings. The minimum absolute atomic E-state index is 0.148. The van der Waals surface area contributed by atoms with Gasteiger partial charge in [0.2, 0.25) is 0 Å². The Bertz CT molecular complexity index is 643. The van der Waals surface area contributed by atoms with Crippen molar-refractivity contribution in [3.63, 3.8) is 0 Å². The van der Waals surface area contributed by atoms with Crippen LogP contribution in [0.2, 0.25) is 0 Å². The normalized spacial score (nSPS) is 14.1. The lowest BCUT2D eigenvalue weighted by atomic mass is 10.0. The Morgan fingerprint density at radius 2 is 2.29 bits per heavy atom. The Kier molecular flexibility index (Phi) is 3.83. The lowest BCUT2D eigenvalue weighted by Crippen LogP contribution is -2.29. The van der Waals surface area contributed by atoms with Crippen LogP contribution in [0, 0.1) is 0 Å². The van der Waals surface area contributed by atoms with Gasteiger partial charge in [-0.2, -0.15) is 0 Å². The maximum absolute atomic E-state index is 11.9. The molecule has 1 unspecified atom stereocenters. The summed E-state index contributed by atoms with van der Waals surface area (Å²) in [7, 11) is 0. The lowest BCUT2D eigenvalue weighted by Gasteiger charge is -2.13. The van der Waals surface area contributed by atoms with E-state index >= 15 is 0 Å². The van der Waals surface area contributed by atoms with Crippen LogP contribution >= 0.6 is 0 Å². The molecule has 1 aliphatic rings. The summed E-state index contributed by atoms with van der Waals surface area (Å²) in [6.45, 7) is 0.834. The Balaban J connectivity index is 1.62. The monoisotopic (exact) mass is 284 g/mol. The van der Waals surface area contributed by atoms with Crippen molar-refractivity contribution in [2.24, 2.45) is 0 Å². The number of pyridine rings is 1. The van der Waals surface area contributed by atoms with Gasteiger partial charge in [-0.15, -0.1) is 0 Å². The van der Waals surface area contributed by atoms with E-state index in [4.69, 9.17) is 4.74 Å². The van der Waals surface area contributed by atoms with Crippen LogP contribution in [-0.4, -0.2) is 29.1 Å². The van der Waals surface area contributed by atoms with Crippen LogP contribution in [0.3, 0.4) is 0 Å². The summed E-state index contributed by atoms with van der Waals surface area (Å²) < 4.78 is 5.43. The quantitative estimate of drug-likeness (QED) is 0.892. The van der Waals surface area contributed by atoms with Crippen LogP contribution in [0.4, 0.5) is 0 Å². The molecular formula is C16H16N2O3. The second-order valence-corrected chi connectivity index (χ2v) is 4.91. The number of benzene rings is 1. The van der Waals surface area contributed by atoms with Crippen molar-refractivity contribution in [1.29, 1.82) is 0 Å². The number of carbonyl (C=O) groups is 1. The minimum atomic E-state index is -0.747. The van der Waals surface area contributed by atoms with E-state index < -0.39 is 6.10 Å². The van der Waals surface area contributed by atoms with Gasteiger partial charge in [-0.3, -0.25) is 9.78 Å². The lowest BCUT2D eigenvalue weighted by molar-refractivity contribution is 0.0911. The van der Waals surface area contributed by atoms with Crippen molar-refractivity contribution in [2.75, 3.05) is 13.2 Å². The topological polar surface area (TPSA) is 71.5 Å². The zero-order valence-corrected chi connectivity index (χ0v) is 11.5. The molecule has 2 heterocycles. The number of aliphatic hydroxyl groups is 1.